The van der Waals surface area contributed by atoms with Crippen LogP contribution in [0.4, 0.5) is 0 Å². The molecule has 0 saturated carbocycles. The molecule has 0 N–H and O–H groups in total. The van der Waals surface area contributed by atoms with Gasteiger partial charge in [-0.05, 0) is 49.8 Å². The van der Waals surface area contributed by atoms with Gasteiger partial charge in [0, 0.05) is 26.1 Å². The van der Waals surface area contributed by atoms with Crippen LogP contribution >= 0.6 is 0 Å². The Kier molecular flexibility index (Phi) is 5.14. The molecule has 1 atom stereocenters. The number of ether oxygens (including phenoxy) is 1. The van der Waals surface area contributed by atoms with Gasteiger partial charge in [0.15, 0.2) is 6.61 Å². The molecule has 0 radical (unpaired) electrons. The largest absolute Gasteiger partial charge is 0.484 e. The Morgan fingerprint density at radius 1 is 1.22 bits per heavy atom. The number of hydrogen-bond donors (Lipinski definition) is 0. The van der Waals surface area contributed by atoms with E-state index in [1.165, 1.54) is 6.42 Å². The van der Waals surface area contributed by atoms with Gasteiger partial charge in [-0.3, -0.25) is 14.2 Å². The Morgan fingerprint density at radius 2 is 2.11 bits per heavy atom. The van der Waals surface area contributed by atoms with E-state index in [2.05, 4.69) is 11.9 Å². The average molecular weight is 369 g/mol. The monoisotopic (exact) mass is 369 g/mol. The smallest absolute Gasteiger partial charge is 0.261 e. The molecule has 27 heavy (non-hydrogen) atoms. The number of fused-ring (bicyclic) bond motifs is 2. The lowest BCUT2D eigenvalue weighted by molar-refractivity contribution is -0.135. The van der Waals surface area contributed by atoms with Gasteiger partial charge in [-0.15, -0.1) is 0 Å². The summed E-state index contributed by atoms with van der Waals surface area (Å²) < 4.78 is 7.53. The quantitative estimate of drug-likeness (QED) is 0.834. The van der Waals surface area contributed by atoms with Crippen molar-refractivity contribution in [2.75, 3.05) is 19.7 Å². The fraction of sp³-hybridized carbons (Fsp3) is 0.571. The molecule has 6 nitrogen and oxygen atoms in total. The van der Waals surface area contributed by atoms with Crippen LogP contribution in [0.3, 0.4) is 0 Å². The zero-order valence-corrected chi connectivity index (χ0v) is 15.9. The molecule has 0 unspecified atom stereocenters. The lowest BCUT2D eigenvalue weighted by atomic mass is 10.0. The molecule has 4 rings (SSSR count). The second-order valence-electron chi connectivity index (χ2n) is 7.85. The van der Waals surface area contributed by atoms with Crippen molar-refractivity contribution in [3.8, 4) is 5.75 Å². The number of nitrogens with zero attached hydrogens (tertiary/aromatic N) is 3. The van der Waals surface area contributed by atoms with Gasteiger partial charge in [-0.2, -0.15) is 0 Å². The van der Waals surface area contributed by atoms with Crippen molar-refractivity contribution in [2.24, 2.45) is 5.92 Å². The highest BCUT2D eigenvalue weighted by Gasteiger charge is 2.21. The molecule has 0 aliphatic carbocycles. The Morgan fingerprint density at radius 3 is 2.96 bits per heavy atom. The number of benzene rings is 1. The molecule has 2 aromatic rings. The summed E-state index contributed by atoms with van der Waals surface area (Å²) in [5, 5.41) is 0.567. The Labute approximate surface area is 159 Å². The van der Waals surface area contributed by atoms with Gasteiger partial charge in [0.2, 0.25) is 0 Å². The molecule has 1 fully saturated rings. The summed E-state index contributed by atoms with van der Waals surface area (Å²) in [6.07, 6.45) is 6.30. The topological polar surface area (TPSA) is 64.4 Å². The van der Waals surface area contributed by atoms with Gasteiger partial charge in [0.05, 0.1) is 10.9 Å². The maximum Gasteiger partial charge on any atom is 0.261 e. The number of aryl methyl sites for hydroxylation is 1. The zero-order chi connectivity index (χ0) is 18.8. The van der Waals surface area contributed by atoms with Gasteiger partial charge in [0.25, 0.3) is 11.5 Å². The van der Waals surface area contributed by atoms with Crippen molar-refractivity contribution in [2.45, 2.75) is 52.0 Å². The lowest BCUT2D eigenvalue weighted by Gasteiger charge is -2.30. The van der Waals surface area contributed by atoms with E-state index in [1.807, 2.05) is 11.0 Å². The summed E-state index contributed by atoms with van der Waals surface area (Å²) in [4.78, 5) is 31.9. The van der Waals surface area contributed by atoms with Crippen molar-refractivity contribution < 1.29 is 9.53 Å². The first-order chi connectivity index (χ1) is 13.1. The molecule has 2 aliphatic rings. The van der Waals surface area contributed by atoms with Gasteiger partial charge in [-0.1, -0.05) is 13.3 Å². The first kappa shape index (κ1) is 18.0. The molecule has 1 amide bonds. The highest BCUT2D eigenvalue weighted by molar-refractivity contribution is 5.80. The fourth-order valence-electron chi connectivity index (χ4n) is 4.14. The van der Waals surface area contributed by atoms with Crippen molar-refractivity contribution >= 4 is 16.8 Å². The van der Waals surface area contributed by atoms with E-state index < -0.39 is 0 Å². The first-order valence-electron chi connectivity index (χ1n) is 10.1. The fourth-order valence-corrected chi connectivity index (χ4v) is 4.14. The summed E-state index contributed by atoms with van der Waals surface area (Å²) in [6, 6.07) is 5.36. The molecule has 1 aromatic carbocycles. The maximum absolute atomic E-state index is 12.9. The van der Waals surface area contributed by atoms with E-state index in [-0.39, 0.29) is 18.1 Å². The minimum atomic E-state index is -0.00136. The van der Waals surface area contributed by atoms with E-state index in [0.717, 1.165) is 57.6 Å². The summed E-state index contributed by atoms with van der Waals surface area (Å²) in [5.74, 6) is 1.99. The third kappa shape index (κ3) is 3.84. The summed E-state index contributed by atoms with van der Waals surface area (Å²) in [5.41, 5.74) is 0.704. The molecule has 1 aromatic heterocycles. The van der Waals surface area contributed by atoms with Gasteiger partial charge in [0.1, 0.15) is 11.6 Å². The van der Waals surface area contributed by atoms with Crippen molar-refractivity contribution in [3.05, 3.63) is 34.4 Å². The number of carbonyl (C=O) groups excluding carboxylic acids is 1. The second-order valence-corrected chi connectivity index (χ2v) is 7.85. The minimum absolute atomic E-state index is 0.00136. The predicted molar refractivity (Wildman–Crippen MR) is 104 cm³/mol. The number of rotatable bonds is 3. The SMILES string of the molecule is C[C@H]1CCCN(C(=O)COc2ccc3nc4n(c(=O)c3c2)CCCCC4)C1. The molecule has 6 heteroatoms. The number of aromatic nitrogens is 2. The molecule has 0 bridgehead atoms. The maximum atomic E-state index is 12.9. The molecular weight excluding hydrogens is 342 g/mol. The Hall–Kier alpha value is -2.37. The lowest BCUT2D eigenvalue weighted by Crippen LogP contribution is -2.41. The molecule has 144 valence electrons. The number of hydrogen-bond acceptors (Lipinski definition) is 4. The molecule has 2 aliphatic heterocycles. The number of carbonyl (C=O) groups is 1. The van der Waals surface area contributed by atoms with Crippen molar-refractivity contribution in [1.29, 1.82) is 0 Å². The third-order valence-corrected chi connectivity index (χ3v) is 5.66. The van der Waals surface area contributed by atoms with Crippen LogP contribution in [-0.2, 0) is 17.8 Å². The van der Waals surface area contributed by atoms with Gasteiger partial charge < -0.3 is 9.64 Å². The van der Waals surface area contributed by atoms with Crippen LogP contribution in [0, 0.1) is 5.92 Å². The summed E-state index contributed by atoms with van der Waals surface area (Å²) in [6.45, 7) is 4.53. The van der Waals surface area contributed by atoms with Crippen molar-refractivity contribution in [1.82, 2.24) is 14.5 Å². The number of piperidine rings is 1. The minimum Gasteiger partial charge on any atom is -0.484 e. The van der Waals surface area contributed by atoms with Crippen LogP contribution in [0.1, 0.15) is 44.9 Å². The summed E-state index contributed by atoms with van der Waals surface area (Å²) >= 11 is 0. The van der Waals surface area contributed by atoms with Crippen LogP contribution in [0.5, 0.6) is 5.75 Å². The molecule has 3 heterocycles. The molecular formula is C21H27N3O3. The predicted octanol–water partition coefficient (Wildman–Crippen LogP) is 2.76. The second kappa shape index (κ2) is 7.71. The van der Waals surface area contributed by atoms with Crippen LogP contribution in [0.15, 0.2) is 23.0 Å². The standard InChI is InChI=1S/C21H27N3O3/c1-15-6-5-10-23(13-15)20(25)14-27-16-8-9-18-17(12-16)21(26)24-11-4-2-3-7-19(24)22-18/h8-9,12,15H,2-7,10-11,13-14H2,1H3/t15-/m0/s1. The highest BCUT2D eigenvalue weighted by atomic mass is 16.5. The normalized spacial score (nSPS) is 20.2. The van der Waals surface area contributed by atoms with E-state index in [0.29, 0.717) is 22.6 Å². The Balaban J connectivity index is 1.52. The van der Waals surface area contributed by atoms with Crippen LogP contribution < -0.4 is 10.3 Å². The van der Waals surface area contributed by atoms with Crippen LogP contribution in [-0.4, -0.2) is 40.1 Å². The van der Waals surface area contributed by atoms with Crippen LogP contribution in [0.25, 0.3) is 10.9 Å². The van der Waals surface area contributed by atoms with E-state index in [4.69, 9.17) is 4.74 Å². The average Bonchev–Trinajstić information content (AvgIpc) is 2.92. The Bertz CT molecular complexity index is 905. The van der Waals surface area contributed by atoms with E-state index >= 15 is 0 Å². The number of likely N-dealkylation sites (tertiary alicyclic amines) is 1. The zero-order valence-electron chi connectivity index (χ0n) is 15.9. The van der Waals surface area contributed by atoms with Gasteiger partial charge in [-0.25, -0.2) is 4.98 Å². The first-order valence-corrected chi connectivity index (χ1v) is 10.1. The van der Waals surface area contributed by atoms with Crippen molar-refractivity contribution in [3.63, 3.8) is 0 Å². The molecule has 1 saturated heterocycles. The third-order valence-electron chi connectivity index (χ3n) is 5.66. The van der Waals surface area contributed by atoms with Crippen LogP contribution in [0.2, 0.25) is 0 Å². The highest BCUT2D eigenvalue weighted by Crippen LogP contribution is 2.20. The van der Waals surface area contributed by atoms with E-state index in [9.17, 15) is 9.59 Å². The number of amides is 1. The van der Waals surface area contributed by atoms with E-state index in [1.54, 1.807) is 16.7 Å². The molecule has 0 spiro atoms. The van der Waals surface area contributed by atoms with Gasteiger partial charge >= 0.3 is 0 Å². The summed E-state index contributed by atoms with van der Waals surface area (Å²) in [7, 11) is 0.